The Hall–Kier alpha value is -14.1. The van der Waals surface area contributed by atoms with Gasteiger partial charge in [0.15, 0.2) is 0 Å². The van der Waals surface area contributed by atoms with Gasteiger partial charge in [-0.15, -0.1) is 0 Å². The maximum absolute atomic E-state index is 12.5. The molecule has 8 nitrogen and oxygen atoms in total. The molecule has 0 aliphatic rings. The molecule has 0 aromatic heterocycles. The molecule has 18 rings (SSSR count). The van der Waals surface area contributed by atoms with Crippen LogP contribution in [0.3, 0.4) is 0 Å². The Bertz CT molecular complexity index is 6760. The number of aromatic hydroxyl groups is 4. The molecule has 646 valence electrons. The van der Waals surface area contributed by atoms with E-state index in [1.807, 2.05) is 97.1 Å². The lowest BCUT2D eigenvalue weighted by Crippen LogP contribution is -2.17. The van der Waals surface area contributed by atoms with E-state index in [9.17, 15) is 20.4 Å². The highest BCUT2D eigenvalue weighted by Crippen LogP contribution is 2.54. The van der Waals surface area contributed by atoms with E-state index < -0.39 is 0 Å². The van der Waals surface area contributed by atoms with Gasteiger partial charge in [0.1, 0.15) is 46.0 Å². The van der Waals surface area contributed by atoms with Crippen molar-refractivity contribution in [3.63, 3.8) is 0 Å². The number of hydrogen-bond acceptors (Lipinski definition) is 8. The molecule has 18 aromatic rings. The zero-order chi connectivity index (χ0) is 90.4. The molecule has 0 unspecified atom stereocenters. The second-order valence-corrected chi connectivity index (χ2v) is 38.8. The van der Waals surface area contributed by atoms with Crippen LogP contribution in [0, 0.1) is 19.8 Å². The molecule has 4 N–H and O–H groups in total. The highest BCUT2D eigenvalue weighted by Gasteiger charge is 2.31. The topological polar surface area (TPSA) is 118 Å². The normalized spacial score (nSPS) is 12.0. The van der Waals surface area contributed by atoms with Gasteiger partial charge in [-0.1, -0.05) is 333 Å². The Balaban J connectivity index is 0.000000182. The number of phenolic OH excluding ortho intramolecular Hbond substituents is 4. The third-order valence-corrected chi connectivity index (χ3v) is 25.4. The summed E-state index contributed by atoms with van der Waals surface area (Å²) in [6.07, 6.45) is 0.617. The molecule has 0 aliphatic heterocycles. The minimum atomic E-state index is -0.202. The number of hydrogen-bond donors (Lipinski definition) is 4. The van der Waals surface area contributed by atoms with Crippen molar-refractivity contribution in [2.75, 3.05) is 26.4 Å². The van der Waals surface area contributed by atoms with Crippen molar-refractivity contribution >= 4 is 64.6 Å². The van der Waals surface area contributed by atoms with E-state index >= 15 is 0 Å². The quantitative estimate of drug-likeness (QED) is 0.0440. The minimum absolute atomic E-state index is 0.0182. The van der Waals surface area contributed by atoms with E-state index in [0.29, 0.717) is 55.8 Å². The molecule has 0 amide bonds. The molecule has 0 saturated carbocycles. The zero-order valence-corrected chi connectivity index (χ0v) is 76.7. The molecular formula is C121H114O8. The van der Waals surface area contributed by atoms with E-state index in [-0.39, 0.29) is 50.6 Å². The van der Waals surface area contributed by atoms with E-state index in [2.05, 4.69) is 334 Å². The smallest absolute Gasteiger partial charge is 0.131 e. The van der Waals surface area contributed by atoms with Crippen LogP contribution in [0.5, 0.6) is 46.0 Å². The largest absolute Gasteiger partial charge is 0.507 e. The van der Waals surface area contributed by atoms with Gasteiger partial charge in [0.2, 0.25) is 0 Å². The summed E-state index contributed by atoms with van der Waals surface area (Å²) in [5.74, 6) is 3.67. The highest BCUT2D eigenvalue weighted by atomic mass is 16.5. The van der Waals surface area contributed by atoms with Gasteiger partial charge >= 0.3 is 0 Å². The fourth-order valence-corrected chi connectivity index (χ4v) is 18.1. The first-order chi connectivity index (χ1) is 61.9. The van der Waals surface area contributed by atoms with Crippen LogP contribution in [0.4, 0.5) is 0 Å². The molecule has 0 radical (unpaired) electrons. The average molecular weight is 1700 g/mol. The Morgan fingerprint density at radius 2 is 0.442 bits per heavy atom. The summed E-state index contributed by atoms with van der Waals surface area (Å²) in [6, 6.07) is 112. The monoisotopic (exact) mass is 1690 g/mol. The van der Waals surface area contributed by atoms with Gasteiger partial charge in [0, 0.05) is 90.2 Å². The first-order valence-corrected chi connectivity index (χ1v) is 45.1. The molecular weight excluding hydrogens is 1580 g/mol. The van der Waals surface area contributed by atoms with Gasteiger partial charge in [-0.3, -0.25) is 0 Å². The first-order valence-electron chi connectivity index (χ1n) is 45.1. The molecule has 8 heteroatoms. The Morgan fingerprint density at radius 3 is 0.713 bits per heavy atom. The first kappa shape index (κ1) is 87.0. The predicted molar refractivity (Wildman–Crippen MR) is 541 cm³/mol. The zero-order valence-electron chi connectivity index (χ0n) is 76.7. The summed E-state index contributed by atoms with van der Waals surface area (Å²) in [7, 11) is 0. The van der Waals surface area contributed by atoms with Crippen molar-refractivity contribution in [2.24, 2.45) is 5.92 Å². The summed E-state index contributed by atoms with van der Waals surface area (Å²) in [6.45, 7) is 34.4. The molecule has 0 atom stereocenters. The van der Waals surface area contributed by atoms with Crippen molar-refractivity contribution in [1.82, 2.24) is 0 Å². The van der Waals surface area contributed by atoms with Crippen LogP contribution in [0.1, 0.15) is 130 Å². The molecule has 0 bridgehead atoms. The van der Waals surface area contributed by atoms with E-state index in [1.54, 1.807) is 0 Å². The summed E-state index contributed by atoms with van der Waals surface area (Å²) in [4.78, 5) is 0. The van der Waals surface area contributed by atoms with Crippen LogP contribution in [0.25, 0.3) is 154 Å². The van der Waals surface area contributed by atoms with Crippen molar-refractivity contribution in [3.8, 4) is 135 Å². The average Bonchev–Trinajstić information content (AvgIpc) is 0.745. The van der Waals surface area contributed by atoms with Gasteiger partial charge in [0.25, 0.3) is 0 Å². The Kier molecular flexibility index (Phi) is 24.0. The Morgan fingerprint density at radius 1 is 0.225 bits per heavy atom. The fourth-order valence-electron chi connectivity index (χ4n) is 18.1. The molecule has 129 heavy (non-hydrogen) atoms. The standard InChI is InChI=1S/C64H58O4.C57H56O4/c1-40(38-67-57-30-18-16-28-51(57)53-34-45(63(2,3)4)36-55(61(53)65)59-47-24-12-8-20-41(47)32-42-21-9-13-25-48(42)59)39-68-58-31-19-17-29-52(58)54-35-46(64(5,6)7)37-56(62(54)66)60-49-26-14-10-22-43(49)33-44-23-11-15-27-50(44)60;1-36-26-28-38-18-9-11-20-42(38)52(36)48-34-40(56(3,4)5)32-46(54(48)58)44-22-13-15-24-50(44)60-30-17-31-61-51-25-16-14-23-45(51)47-33-41(57(6,7)8)35-49(55(47)59)53-37(2)27-29-39-19-10-12-21-43(39)53/h8-37,40,65-66H,38-39H2,1-7H3;9-16,18-29,32-35,58-59H,17,30-31H2,1-8H3. The van der Waals surface area contributed by atoms with Crippen molar-refractivity contribution in [1.29, 1.82) is 0 Å². The van der Waals surface area contributed by atoms with E-state index in [0.717, 1.165) is 187 Å². The lowest BCUT2D eigenvalue weighted by atomic mass is 9.81. The second kappa shape index (κ2) is 35.6. The fraction of sp³-hybridized carbons (Fsp3) is 0.207. The number of aryl methyl sites for hydroxylation is 2. The SMILES string of the molecule is CC(COc1ccccc1-c1cc(C(C)(C)C)cc(-c2c3ccccc3cc3ccccc23)c1O)COc1ccccc1-c1cc(C(C)(C)C)cc(-c2c3ccccc3cc3ccccc23)c1O.Cc1ccc2ccccc2c1-c1cc(C(C)(C)C)cc(-c2ccccc2OCCCOc2ccccc2-c2cc(C(C)(C)C)cc(-c3c(C)ccc4ccccc34)c2O)c1O. The van der Waals surface area contributed by atoms with Gasteiger partial charge in [0.05, 0.1) is 26.4 Å². The van der Waals surface area contributed by atoms with Crippen LogP contribution in [0.2, 0.25) is 0 Å². The van der Waals surface area contributed by atoms with Crippen LogP contribution in [0.15, 0.2) is 328 Å². The van der Waals surface area contributed by atoms with E-state index in [4.69, 9.17) is 18.9 Å². The number of benzene rings is 18. The maximum atomic E-state index is 12.5. The van der Waals surface area contributed by atoms with Crippen molar-refractivity contribution in [2.45, 2.75) is 132 Å². The second-order valence-electron chi connectivity index (χ2n) is 38.8. The van der Waals surface area contributed by atoms with Crippen LogP contribution >= 0.6 is 0 Å². The van der Waals surface area contributed by atoms with Gasteiger partial charge in [-0.25, -0.2) is 0 Å². The van der Waals surface area contributed by atoms with Crippen LogP contribution in [-0.4, -0.2) is 46.9 Å². The third-order valence-electron chi connectivity index (χ3n) is 25.4. The summed E-state index contributed by atoms with van der Waals surface area (Å²) < 4.78 is 26.4. The van der Waals surface area contributed by atoms with Crippen LogP contribution in [-0.2, 0) is 21.7 Å². The molecule has 0 spiro atoms. The van der Waals surface area contributed by atoms with Gasteiger partial charge in [-0.05, 0) is 230 Å². The summed E-state index contributed by atoms with van der Waals surface area (Å²) in [5, 5.41) is 62.7. The third kappa shape index (κ3) is 17.7. The molecule has 0 aliphatic carbocycles. The number of fused-ring (bicyclic) bond motifs is 6. The molecule has 0 fully saturated rings. The number of para-hydroxylation sites is 4. The molecule has 18 aromatic carbocycles. The molecule has 0 heterocycles. The number of phenols is 4. The van der Waals surface area contributed by atoms with Gasteiger partial charge in [-0.2, -0.15) is 0 Å². The van der Waals surface area contributed by atoms with Gasteiger partial charge < -0.3 is 39.4 Å². The summed E-state index contributed by atoms with van der Waals surface area (Å²) in [5.41, 5.74) is 19.6. The summed E-state index contributed by atoms with van der Waals surface area (Å²) >= 11 is 0. The van der Waals surface area contributed by atoms with Crippen LogP contribution < -0.4 is 18.9 Å². The number of ether oxygens (including phenoxy) is 4. The highest BCUT2D eigenvalue weighted by molar-refractivity contribution is 6.16. The van der Waals surface area contributed by atoms with Crippen molar-refractivity contribution in [3.05, 3.63) is 361 Å². The predicted octanol–water partition coefficient (Wildman–Crippen LogP) is 32.2. The lowest BCUT2D eigenvalue weighted by molar-refractivity contribution is 0.189. The van der Waals surface area contributed by atoms with Crippen molar-refractivity contribution < 1.29 is 39.4 Å². The maximum Gasteiger partial charge on any atom is 0.131 e. The minimum Gasteiger partial charge on any atom is -0.507 e. The lowest BCUT2D eigenvalue weighted by Gasteiger charge is -2.25. The van der Waals surface area contributed by atoms with E-state index in [1.165, 1.54) is 0 Å². The number of rotatable bonds is 20. The Labute approximate surface area is 759 Å². The molecule has 0 saturated heterocycles.